The van der Waals surface area contributed by atoms with Crippen molar-refractivity contribution in [2.24, 2.45) is 0 Å². The summed E-state index contributed by atoms with van der Waals surface area (Å²) in [6, 6.07) is 22.7. The Bertz CT molecular complexity index is 1280. The van der Waals surface area contributed by atoms with E-state index < -0.39 is 10.0 Å². The monoisotopic (exact) mass is 419 g/mol. The van der Waals surface area contributed by atoms with E-state index in [1.165, 1.54) is 0 Å². The first-order valence-electron chi connectivity index (χ1n) is 10.1. The lowest BCUT2D eigenvalue weighted by Gasteiger charge is -2.11. The number of para-hydroxylation sites is 2. The number of aromatic nitrogens is 2. The van der Waals surface area contributed by atoms with Gasteiger partial charge in [-0.15, -0.1) is 0 Å². The van der Waals surface area contributed by atoms with Crippen LogP contribution in [-0.4, -0.2) is 18.0 Å². The van der Waals surface area contributed by atoms with Gasteiger partial charge in [0.2, 0.25) is 0 Å². The highest BCUT2D eigenvalue weighted by atomic mass is 32.2. The summed E-state index contributed by atoms with van der Waals surface area (Å²) >= 11 is 0. The first-order chi connectivity index (χ1) is 14.5. The van der Waals surface area contributed by atoms with Gasteiger partial charge >= 0.3 is 0 Å². The molecule has 0 amide bonds. The molecule has 0 bridgehead atoms. The molecule has 0 fully saturated rings. The maximum absolute atomic E-state index is 12.7. The summed E-state index contributed by atoms with van der Waals surface area (Å²) in [7, 11) is -3.60. The molecular weight excluding hydrogens is 394 g/mol. The van der Waals surface area contributed by atoms with Crippen molar-refractivity contribution in [3.8, 4) is 0 Å². The van der Waals surface area contributed by atoms with Gasteiger partial charge in [0.25, 0.3) is 10.0 Å². The Morgan fingerprint density at radius 2 is 1.60 bits per heavy atom. The van der Waals surface area contributed by atoms with Crippen LogP contribution in [0.15, 0.2) is 77.7 Å². The second-order valence-electron chi connectivity index (χ2n) is 7.33. The number of benzene rings is 3. The Morgan fingerprint density at radius 1 is 0.900 bits per heavy atom. The molecule has 154 valence electrons. The molecule has 5 nitrogen and oxygen atoms in total. The quantitative estimate of drug-likeness (QED) is 0.461. The first-order valence-corrected chi connectivity index (χ1v) is 11.6. The van der Waals surface area contributed by atoms with Crippen molar-refractivity contribution >= 4 is 26.7 Å². The fourth-order valence-electron chi connectivity index (χ4n) is 3.73. The molecule has 0 saturated carbocycles. The lowest BCUT2D eigenvalue weighted by molar-refractivity contribution is 0.600. The average Bonchev–Trinajstić information content (AvgIpc) is 3.10. The second kappa shape index (κ2) is 8.32. The fraction of sp³-hybridized carbons (Fsp3) is 0.208. The molecular formula is C24H25N3O2S. The molecule has 0 radical (unpaired) electrons. The zero-order valence-corrected chi connectivity index (χ0v) is 18.0. The van der Waals surface area contributed by atoms with Gasteiger partial charge in [-0.25, -0.2) is 13.4 Å². The highest BCUT2D eigenvalue weighted by molar-refractivity contribution is 7.92. The number of fused-ring (bicyclic) bond motifs is 1. The number of rotatable bonds is 7. The van der Waals surface area contributed by atoms with Crippen molar-refractivity contribution in [2.45, 2.75) is 38.1 Å². The minimum Gasteiger partial charge on any atom is -0.328 e. The lowest BCUT2D eigenvalue weighted by atomic mass is 10.1. The van der Waals surface area contributed by atoms with Gasteiger partial charge in [-0.1, -0.05) is 42.5 Å². The van der Waals surface area contributed by atoms with E-state index in [-0.39, 0.29) is 0 Å². The van der Waals surface area contributed by atoms with Crippen LogP contribution in [0.5, 0.6) is 0 Å². The molecule has 1 heterocycles. The van der Waals surface area contributed by atoms with Crippen LogP contribution >= 0.6 is 0 Å². The van der Waals surface area contributed by atoms with E-state index in [1.54, 1.807) is 25.1 Å². The summed E-state index contributed by atoms with van der Waals surface area (Å²) in [6.45, 7) is 4.81. The van der Waals surface area contributed by atoms with E-state index >= 15 is 0 Å². The van der Waals surface area contributed by atoms with Crippen molar-refractivity contribution in [1.82, 2.24) is 9.55 Å². The van der Waals surface area contributed by atoms with Gasteiger partial charge in [0.05, 0.1) is 15.9 Å². The minimum absolute atomic E-state index is 0.299. The third-order valence-electron chi connectivity index (χ3n) is 5.28. The molecule has 0 spiro atoms. The van der Waals surface area contributed by atoms with Gasteiger partial charge in [-0.3, -0.25) is 4.72 Å². The van der Waals surface area contributed by atoms with E-state index in [0.717, 1.165) is 47.4 Å². The van der Waals surface area contributed by atoms with Crippen molar-refractivity contribution in [3.63, 3.8) is 0 Å². The first kappa shape index (κ1) is 20.2. The molecule has 30 heavy (non-hydrogen) atoms. The number of hydrogen-bond donors (Lipinski definition) is 1. The van der Waals surface area contributed by atoms with Gasteiger partial charge in [0.15, 0.2) is 0 Å². The number of nitrogens with zero attached hydrogens (tertiary/aromatic N) is 2. The number of hydrogen-bond acceptors (Lipinski definition) is 3. The average molecular weight is 420 g/mol. The molecule has 0 saturated heterocycles. The summed E-state index contributed by atoms with van der Waals surface area (Å²) in [5.74, 6) is 1.07. The van der Waals surface area contributed by atoms with Crippen LogP contribution in [0.4, 0.5) is 5.69 Å². The van der Waals surface area contributed by atoms with Gasteiger partial charge in [-0.05, 0) is 61.7 Å². The normalized spacial score (nSPS) is 11.7. The lowest BCUT2D eigenvalue weighted by Crippen LogP contribution is -2.14. The molecule has 1 aromatic heterocycles. The van der Waals surface area contributed by atoms with Crippen molar-refractivity contribution in [2.75, 3.05) is 4.72 Å². The van der Waals surface area contributed by atoms with Gasteiger partial charge in [0, 0.05) is 18.7 Å². The van der Waals surface area contributed by atoms with Gasteiger partial charge in [0.1, 0.15) is 5.82 Å². The van der Waals surface area contributed by atoms with Crippen LogP contribution in [0.25, 0.3) is 11.0 Å². The van der Waals surface area contributed by atoms with E-state index in [1.807, 2.05) is 48.5 Å². The summed E-state index contributed by atoms with van der Waals surface area (Å²) in [5.41, 5.74) is 4.61. The zero-order valence-electron chi connectivity index (χ0n) is 17.2. The maximum Gasteiger partial charge on any atom is 0.262 e. The molecule has 0 unspecified atom stereocenters. The van der Waals surface area contributed by atoms with Crippen molar-refractivity contribution in [3.05, 3.63) is 89.7 Å². The number of anilines is 1. The molecule has 0 atom stereocenters. The fourth-order valence-corrected chi connectivity index (χ4v) is 5.04. The number of nitrogens with one attached hydrogen (secondary N) is 1. The number of aryl methyl sites for hydroxylation is 4. The largest absolute Gasteiger partial charge is 0.328 e. The molecule has 1 N–H and O–H groups in total. The van der Waals surface area contributed by atoms with Crippen molar-refractivity contribution < 1.29 is 8.42 Å². The summed E-state index contributed by atoms with van der Waals surface area (Å²) in [5, 5.41) is 0. The van der Waals surface area contributed by atoms with Crippen LogP contribution in [0.1, 0.15) is 23.9 Å². The van der Waals surface area contributed by atoms with Crippen molar-refractivity contribution in [1.29, 1.82) is 0 Å². The van der Waals surface area contributed by atoms with E-state index in [4.69, 9.17) is 4.98 Å². The second-order valence-corrected chi connectivity index (χ2v) is 8.98. The molecule has 0 aliphatic rings. The third-order valence-corrected chi connectivity index (χ3v) is 6.82. The summed E-state index contributed by atoms with van der Waals surface area (Å²) < 4.78 is 30.2. The Kier molecular flexibility index (Phi) is 5.59. The molecule has 3 aromatic carbocycles. The maximum atomic E-state index is 12.7. The predicted octanol–water partition coefficient (Wildman–Crippen LogP) is 4.95. The Balaban J connectivity index is 1.46. The van der Waals surface area contributed by atoms with E-state index in [0.29, 0.717) is 10.6 Å². The van der Waals surface area contributed by atoms with Gasteiger partial charge < -0.3 is 4.57 Å². The van der Waals surface area contributed by atoms with Crippen LogP contribution in [-0.2, 0) is 29.4 Å². The molecule has 4 aromatic rings. The third kappa shape index (κ3) is 4.09. The SMILES string of the molecule is CCn1c(CCc2ccc(NS(=O)(=O)c3ccccc3C)cc2)nc2ccccc21. The smallest absolute Gasteiger partial charge is 0.262 e. The van der Waals surface area contributed by atoms with Crippen LogP contribution in [0, 0.1) is 6.92 Å². The molecule has 4 rings (SSSR count). The highest BCUT2D eigenvalue weighted by Gasteiger charge is 2.16. The molecule has 6 heteroatoms. The predicted molar refractivity (Wildman–Crippen MR) is 121 cm³/mol. The number of sulfonamides is 1. The molecule has 0 aliphatic carbocycles. The topological polar surface area (TPSA) is 64.0 Å². The molecule has 0 aliphatic heterocycles. The summed E-state index contributed by atoms with van der Waals surface area (Å²) in [6.07, 6.45) is 1.67. The zero-order chi connectivity index (χ0) is 21.1. The van der Waals surface area contributed by atoms with E-state index in [9.17, 15) is 8.42 Å². The van der Waals surface area contributed by atoms with Gasteiger partial charge in [-0.2, -0.15) is 0 Å². The highest BCUT2D eigenvalue weighted by Crippen LogP contribution is 2.21. The number of imidazole rings is 1. The van der Waals surface area contributed by atoms with Crippen LogP contribution in [0.3, 0.4) is 0 Å². The minimum atomic E-state index is -3.60. The Morgan fingerprint density at radius 3 is 2.33 bits per heavy atom. The van der Waals surface area contributed by atoms with Crippen LogP contribution < -0.4 is 4.72 Å². The Hall–Kier alpha value is -3.12. The Labute approximate surface area is 177 Å². The summed E-state index contributed by atoms with van der Waals surface area (Å²) in [4.78, 5) is 5.08. The van der Waals surface area contributed by atoms with E-state index in [2.05, 4.69) is 22.3 Å². The standard InChI is InChI=1S/C24H25N3O2S/c1-3-27-22-10-6-5-9-21(22)25-24(27)17-14-19-12-15-20(16-13-19)26-30(28,29)23-11-7-4-8-18(23)2/h4-13,15-16,26H,3,14,17H2,1-2H3. The van der Waals surface area contributed by atoms with Crippen LogP contribution in [0.2, 0.25) is 0 Å².